The molecule has 1 amide bonds. The maximum absolute atomic E-state index is 12.1. The molecule has 0 atom stereocenters. The van der Waals surface area contributed by atoms with E-state index >= 15 is 0 Å². The van der Waals surface area contributed by atoms with Crippen molar-refractivity contribution in [3.05, 3.63) is 35.4 Å². The molecule has 0 bridgehead atoms. The number of methoxy groups -OCH3 is 1. The lowest BCUT2D eigenvalue weighted by Crippen LogP contribution is -2.59. The summed E-state index contributed by atoms with van der Waals surface area (Å²) in [4.78, 5) is 23.3. The van der Waals surface area contributed by atoms with Crippen molar-refractivity contribution in [2.75, 3.05) is 7.11 Å². The fraction of sp³-hybridized carbons (Fsp3) is 0.429. The van der Waals surface area contributed by atoms with Crippen LogP contribution in [-0.4, -0.2) is 29.6 Å². The molecule has 0 unspecified atom stereocenters. The van der Waals surface area contributed by atoms with Gasteiger partial charge in [-0.2, -0.15) is 0 Å². The molecule has 102 valence electrons. The van der Waals surface area contributed by atoms with E-state index in [1.165, 1.54) is 0 Å². The molecule has 0 heterocycles. The smallest absolute Gasteiger partial charge is 0.329 e. The number of hydrogen-bond acceptors (Lipinski definition) is 3. The van der Waals surface area contributed by atoms with Gasteiger partial charge < -0.3 is 15.2 Å². The molecule has 5 nitrogen and oxygen atoms in total. The Kier molecular flexibility index (Phi) is 3.85. The van der Waals surface area contributed by atoms with Crippen LogP contribution in [0.15, 0.2) is 24.3 Å². The SMILES string of the molecule is COCc1cccc(C(=O)NC2(C(=O)O)CCC2)c1. The maximum atomic E-state index is 12.1. The molecule has 1 fully saturated rings. The molecular weight excluding hydrogens is 246 g/mol. The minimum atomic E-state index is -1.08. The van der Waals surface area contributed by atoms with Crippen LogP contribution >= 0.6 is 0 Å². The first-order valence-electron chi connectivity index (χ1n) is 6.21. The van der Waals surface area contributed by atoms with Crippen LogP contribution in [0.1, 0.15) is 35.2 Å². The van der Waals surface area contributed by atoms with Gasteiger partial charge in [0, 0.05) is 12.7 Å². The van der Waals surface area contributed by atoms with Gasteiger partial charge >= 0.3 is 5.97 Å². The number of ether oxygens (including phenoxy) is 1. The predicted octanol–water partition coefficient (Wildman–Crippen LogP) is 1.57. The van der Waals surface area contributed by atoms with Gasteiger partial charge in [-0.25, -0.2) is 4.79 Å². The Morgan fingerprint density at radius 3 is 2.68 bits per heavy atom. The van der Waals surface area contributed by atoms with E-state index in [1.54, 1.807) is 25.3 Å². The lowest BCUT2D eigenvalue weighted by Gasteiger charge is -2.38. The molecule has 1 aromatic carbocycles. The van der Waals surface area contributed by atoms with Crippen LogP contribution in [-0.2, 0) is 16.1 Å². The molecule has 19 heavy (non-hydrogen) atoms. The Morgan fingerprint density at radius 1 is 1.42 bits per heavy atom. The second-order valence-electron chi connectivity index (χ2n) is 4.83. The van der Waals surface area contributed by atoms with Gasteiger partial charge in [-0.1, -0.05) is 12.1 Å². The highest BCUT2D eigenvalue weighted by Crippen LogP contribution is 2.32. The molecule has 2 N–H and O–H groups in total. The van der Waals surface area contributed by atoms with Crippen LogP contribution in [0.5, 0.6) is 0 Å². The topological polar surface area (TPSA) is 75.6 Å². The van der Waals surface area contributed by atoms with Crippen molar-refractivity contribution in [2.24, 2.45) is 0 Å². The number of benzene rings is 1. The summed E-state index contributed by atoms with van der Waals surface area (Å²) >= 11 is 0. The summed E-state index contributed by atoms with van der Waals surface area (Å²) < 4.78 is 5.01. The van der Waals surface area contributed by atoms with Gasteiger partial charge in [-0.05, 0) is 37.0 Å². The van der Waals surface area contributed by atoms with Crippen molar-refractivity contribution in [2.45, 2.75) is 31.4 Å². The monoisotopic (exact) mass is 263 g/mol. The highest BCUT2D eigenvalue weighted by atomic mass is 16.5. The molecule has 0 saturated heterocycles. The van der Waals surface area contributed by atoms with Gasteiger partial charge in [0.05, 0.1) is 6.61 Å². The van der Waals surface area contributed by atoms with E-state index < -0.39 is 11.5 Å². The number of carboxylic acid groups (broad SMARTS) is 1. The Bertz CT molecular complexity index is 494. The van der Waals surface area contributed by atoms with Crippen LogP contribution in [0.3, 0.4) is 0 Å². The summed E-state index contributed by atoms with van der Waals surface area (Å²) in [5.74, 6) is -1.31. The molecule has 1 aliphatic rings. The molecule has 2 rings (SSSR count). The van der Waals surface area contributed by atoms with E-state index in [4.69, 9.17) is 4.74 Å². The standard InChI is InChI=1S/C14H17NO4/c1-19-9-10-4-2-5-11(8-10)12(16)15-14(13(17)18)6-3-7-14/h2,4-5,8H,3,6-7,9H2,1H3,(H,15,16)(H,17,18). The fourth-order valence-electron chi connectivity index (χ4n) is 2.18. The largest absolute Gasteiger partial charge is 0.480 e. The van der Waals surface area contributed by atoms with Crippen molar-refractivity contribution < 1.29 is 19.4 Å². The first kappa shape index (κ1) is 13.5. The number of carbonyl (C=O) groups is 2. The quantitative estimate of drug-likeness (QED) is 0.845. The van der Waals surface area contributed by atoms with Crippen LogP contribution < -0.4 is 5.32 Å². The fourth-order valence-corrected chi connectivity index (χ4v) is 2.18. The Hall–Kier alpha value is -1.88. The minimum Gasteiger partial charge on any atom is -0.480 e. The zero-order valence-corrected chi connectivity index (χ0v) is 10.8. The average molecular weight is 263 g/mol. The highest BCUT2D eigenvalue weighted by Gasteiger charge is 2.45. The van der Waals surface area contributed by atoms with Crippen molar-refractivity contribution in [1.82, 2.24) is 5.32 Å². The zero-order chi connectivity index (χ0) is 13.9. The number of nitrogens with one attached hydrogen (secondary N) is 1. The number of carbonyl (C=O) groups excluding carboxylic acids is 1. The van der Waals surface area contributed by atoms with Gasteiger partial charge in [0.15, 0.2) is 0 Å². The van der Waals surface area contributed by atoms with Gasteiger partial charge in [-0.15, -0.1) is 0 Å². The van der Waals surface area contributed by atoms with Crippen molar-refractivity contribution in [3.63, 3.8) is 0 Å². The summed E-state index contributed by atoms with van der Waals surface area (Å²) in [7, 11) is 1.58. The van der Waals surface area contributed by atoms with Crippen LogP contribution in [0.2, 0.25) is 0 Å². The second-order valence-corrected chi connectivity index (χ2v) is 4.83. The third-order valence-corrected chi connectivity index (χ3v) is 3.47. The highest BCUT2D eigenvalue weighted by molar-refractivity contribution is 5.98. The minimum absolute atomic E-state index is 0.347. The average Bonchev–Trinajstić information content (AvgIpc) is 2.34. The van der Waals surface area contributed by atoms with E-state index in [-0.39, 0.29) is 5.91 Å². The molecule has 0 aromatic heterocycles. The summed E-state index contributed by atoms with van der Waals surface area (Å²) in [5, 5.41) is 11.8. The van der Waals surface area contributed by atoms with Gasteiger partial charge in [0.25, 0.3) is 5.91 Å². The number of amides is 1. The number of rotatable bonds is 5. The second kappa shape index (κ2) is 5.40. The summed E-state index contributed by atoms with van der Waals surface area (Å²) in [6.07, 6.45) is 1.81. The molecule has 0 radical (unpaired) electrons. The number of hydrogen-bond donors (Lipinski definition) is 2. The van der Waals surface area contributed by atoms with Crippen molar-refractivity contribution in [1.29, 1.82) is 0 Å². The first-order valence-corrected chi connectivity index (χ1v) is 6.21. The van der Waals surface area contributed by atoms with E-state index in [2.05, 4.69) is 5.32 Å². The predicted molar refractivity (Wildman–Crippen MR) is 68.8 cm³/mol. The van der Waals surface area contributed by atoms with Gasteiger partial charge in [0.2, 0.25) is 0 Å². The van der Waals surface area contributed by atoms with E-state index in [0.717, 1.165) is 12.0 Å². The Morgan fingerprint density at radius 2 is 2.16 bits per heavy atom. The van der Waals surface area contributed by atoms with Crippen LogP contribution in [0, 0.1) is 0 Å². The summed E-state index contributed by atoms with van der Waals surface area (Å²) in [6, 6.07) is 7.00. The molecule has 1 aliphatic carbocycles. The van der Waals surface area contributed by atoms with E-state index in [9.17, 15) is 14.7 Å². The Labute approximate surface area is 111 Å². The molecule has 1 aromatic rings. The molecule has 5 heteroatoms. The molecular formula is C14H17NO4. The van der Waals surface area contributed by atoms with Crippen LogP contribution in [0.25, 0.3) is 0 Å². The van der Waals surface area contributed by atoms with E-state index in [1.807, 2.05) is 6.07 Å². The molecule has 0 spiro atoms. The third kappa shape index (κ3) is 2.76. The lowest BCUT2D eigenvalue weighted by molar-refractivity contribution is -0.148. The summed E-state index contributed by atoms with van der Waals surface area (Å²) in [5.41, 5.74) is 0.268. The zero-order valence-electron chi connectivity index (χ0n) is 10.8. The van der Waals surface area contributed by atoms with Crippen LogP contribution in [0.4, 0.5) is 0 Å². The van der Waals surface area contributed by atoms with Crippen molar-refractivity contribution >= 4 is 11.9 Å². The third-order valence-electron chi connectivity index (χ3n) is 3.47. The first-order chi connectivity index (χ1) is 9.07. The molecule has 1 saturated carbocycles. The lowest BCUT2D eigenvalue weighted by atomic mass is 9.76. The summed E-state index contributed by atoms with van der Waals surface area (Å²) in [6.45, 7) is 0.422. The van der Waals surface area contributed by atoms with Gasteiger partial charge in [0.1, 0.15) is 5.54 Å². The van der Waals surface area contributed by atoms with E-state index in [0.29, 0.717) is 25.0 Å². The van der Waals surface area contributed by atoms with Gasteiger partial charge in [-0.3, -0.25) is 4.79 Å². The number of aliphatic carboxylic acids is 1. The number of carboxylic acids is 1. The Balaban J connectivity index is 2.11. The molecule has 0 aliphatic heterocycles. The normalized spacial score (nSPS) is 16.5. The van der Waals surface area contributed by atoms with Crippen molar-refractivity contribution in [3.8, 4) is 0 Å². The maximum Gasteiger partial charge on any atom is 0.329 e.